The summed E-state index contributed by atoms with van der Waals surface area (Å²) in [5.74, 6) is 0.165. The molecule has 0 aliphatic carbocycles. The zero-order chi connectivity index (χ0) is 7.40. The van der Waals surface area contributed by atoms with Crippen LogP contribution < -0.4 is 0 Å². The van der Waals surface area contributed by atoms with Gasteiger partial charge < -0.3 is 14.2 Å². The molecule has 0 spiro atoms. The minimum atomic E-state index is -0.355. The first-order valence-corrected chi connectivity index (χ1v) is 2.82. The van der Waals surface area contributed by atoms with E-state index in [0.717, 1.165) is 0 Å². The van der Waals surface area contributed by atoms with Crippen LogP contribution in [0.3, 0.4) is 0 Å². The van der Waals surface area contributed by atoms with Crippen LogP contribution in [0.2, 0.25) is 0 Å². The van der Waals surface area contributed by atoms with Gasteiger partial charge in [-0.15, -0.1) is 0 Å². The summed E-state index contributed by atoms with van der Waals surface area (Å²) in [5, 5.41) is 0. The fraction of sp³-hybridized carbons (Fsp3) is 0.500. The van der Waals surface area contributed by atoms with Crippen molar-refractivity contribution in [1.29, 1.82) is 0 Å². The molecule has 4 nitrogen and oxygen atoms in total. The number of carbonyl (C=O) groups excluding carboxylic acids is 1. The molecule has 0 aromatic heterocycles. The van der Waals surface area contributed by atoms with Crippen molar-refractivity contribution >= 4 is 5.97 Å². The highest BCUT2D eigenvalue weighted by atomic mass is 16.7. The second kappa shape index (κ2) is 3.22. The quantitative estimate of drug-likeness (QED) is 0.414. The van der Waals surface area contributed by atoms with E-state index in [4.69, 9.17) is 4.74 Å². The van der Waals surface area contributed by atoms with E-state index in [-0.39, 0.29) is 19.4 Å². The number of cyclic esters (lactones) is 1. The van der Waals surface area contributed by atoms with E-state index in [2.05, 4.69) is 9.47 Å². The van der Waals surface area contributed by atoms with Crippen LogP contribution in [-0.4, -0.2) is 26.5 Å². The van der Waals surface area contributed by atoms with Crippen LogP contribution in [0.5, 0.6) is 0 Å². The van der Waals surface area contributed by atoms with Gasteiger partial charge in [0.25, 0.3) is 0 Å². The first kappa shape index (κ1) is 7.08. The van der Waals surface area contributed by atoms with E-state index < -0.39 is 0 Å². The summed E-state index contributed by atoms with van der Waals surface area (Å²) in [5.41, 5.74) is 0. The van der Waals surface area contributed by atoms with Crippen molar-refractivity contribution < 1.29 is 19.0 Å². The van der Waals surface area contributed by atoms with Gasteiger partial charge in [0.15, 0.2) is 6.79 Å². The molecular formula is C6H8O4. The van der Waals surface area contributed by atoms with Crippen molar-refractivity contribution in [3.05, 3.63) is 11.8 Å². The first-order valence-electron chi connectivity index (χ1n) is 2.82. The Bertz CT molecular complexity index is 161. The van der Waals surface area contributed by atoms with E-state index in [9.17, 15) is 4.79 Å². The van der Waals surface area contributed by atoms with Crippen molar-refractivity contribution in [1.82, 2.24) is 0 Å². The summed E-state index contributed by atoms with van der Waals surface area (Å²) in [6, 6.07) is 0. The van der Waals surface area contributed by atoms with Gasteiger partial charge in [0, 0.05) is 7.11 Å². The molecule has 1 rings (SSSR count). The van der Waals surface area contributed by atoms with Crippen LogP contribution >= 0.6 is 0 Å². The average molecular weight is 144 g/mol. The van der Waals surface area contributed by atoms with Crippen LogP contribution in [0.25, 0.3) is 0 Å². The molecule has 1 aliphatic rings. The molecule has 0 radical (unpaired) electrons. The smallest absolute Gasteiger partial charge is 0.334 e. The van der Waals surface area contributed by atoms with E-state index in [0.29, 0.717) is 5.76 Å². The molecule has 56 valence electrons. The maximum atomic E-state index is 10.4. The molecule has 4 heteroatoms. The van der Waals surface area contributed by atoms with Gasteiger partial charge in [0.2, 0.25) is 0 Å². The van der Waals surface area contributed by atoms with Crippen LogP contribution in [0, 0.1) is 0 Å². The molecule has 1 heterocycles. The predicted molar refractivity (Wildman–Crippen MR) is 32.0 cm³/mol. The number of carbonyl (C=O) groups is 1. The number of ether oxygens (including phenoxy) is 3. The Morgan fingerprint density at radius 1 is 1.80 bits per heavy atom. The molecule has 0 atom stereocenters. The molecule has 0 bridgehead atoms. The SMILES string of the molecule is COCOC1=CC(=O)OC1. The van der Waals surface area contributed by atoms with Gasteiger partial charge in [-0.3, -0.25) is 0 Å². The monoisotopic (exact) mass is 144 g/mol. The lowest BCUT2D eigenvalue weighted by Gasteiger charge is -2.01. The van der Waals surface area contributed by atoms with Gasteiger partial charge in [-0.05, 0) is 0 Å². The largest absolute Gasteiger partial charge is 0.468 e. The molecular weight excluding hydrogens is 136 g/mol. The van der Waals surface area contributed by atoms with Crippen molar-refractivity contribution in [2.24, 2.45) is 0 Å². The normalized spacial score (nSPS) is 16.5. The van der Waals surface area contributed by atoms with E-state index in [1.54, 1.807) is 0 Å². The Labute approximate surface area is 58.4 Å². The molecule has 0 unspecified atom stereocenters. The van der Waals surface area contributed by atoms with Crippen molar-refractivity contribution in [3.8, 4) is 0 Å². The zero-order valence-electron chi connectivity index (χ0n) is 5.62. The number of esters is 1. The minimum Gasteiger partial charge on any atom is -0.468 e. The second-order valence-electron chi connectivity index (χ2n) is 1.77. The highest BCUT2D eigenvalue weighted by molar-refractivity contribution is 5.84. The highest BCUT2D eigenvalue weighted by Gasteiger charge is 2.13. The molecule has 0 aromatic carbocycles. The Hall–Kier alpha value is -1.03. The first-order chi connectivity index (χ1) is 4.83. The molecule has 0 N–H and O–H groups in total. The van der Waals surface area contributed by atoms with Gasteiger partial charge in [0.05, 0.1) is 6.08 Å². The van der Waals surface area contributed by atoms with Gasteiger partial charge in [-0.1, -0.05) is 0 Å². The van der Waals surface area contributed by atoms with Gasteiger partial charge in [-0.25, -0.2) is 4.79 Å². The van der Waals surface area contributed by atoms with Gasteiger partial charge in [-0.2, -0.15) is 0 Å². The molecule has 10 heavy (non-hydrogen) atoms. The number of methoxy groups -OCH3 is 1. The molecule has 0 saturated heterocycles. The molecule has 0 fully saturated rings. The lowest BCUT2D eigenvalue weighted by molar-refractivity contribution is -0.135. The van der Waals surface area contributed by atoms with Crippen LogP contribution in [0.1, 0.15) is 0 Å². The minimum absolute atomic E-state index is 0.155. The maximum absolute atomic E-state index is 10.4. The summed E-state index contributed by atoms with van der Waals surface area (Å²) < 4.78 is 14.1. The Balaban J connectivity index is 2.28. The third-order valence-corrected chi connectivity index (χ3v) is 0.998. The second-order valence-corrected chi connectivity index (χ2v) is 1.77. The predicted octanol–water partition coefficient (Wildman–Crippen LogP) is 0.0476. The highest BCUT2D eigenvalue weighted by Crippen LogP contribution is 2.06. The summed E-state index contributed by atoms with van der Waals surface area (Å²) in [4.78, 5) is 10.4. The zero-order valence-corrected chi connectivity index (χ0v) is 5.62. The summed E-state index contributed by atoms with van der Waals surface area (Å²) >= 11 is 0. The Kier molecular flexibility index (Phi) is 2.28. The Morgan fingerprint density at radius 3 is 3.10 bits per heavy atom. The van der Waals surface area contributed by atoms with E-state index in [1.165, 1.54) is 13.2 Å². The fourth-order valence-corrected chi connectivity index (χ4v) is 0.575. The third kappa shape index (κ3) is 1.73. The summed E-state index contributed by atoms with van der Waals surface area (Å²) in [6.07, 6.45) is 1.30. The molecule has 1 aliphatic heterocycles. The number of hydrogen-bond donors (Lipinski definition) is 0. The molecule has 0 saturated carbocycles. The van der Waals surface area contributed by atoms with Crippen LogP contribution in [0.4, 0.5) is 0 Å². The topological polar surface area (TPSA) is 44.8 Å². The van der Waals surface area contributed by atoms with Crippen molar-refractivity contribution in [3.63, 3.8) is 0 Å². The van der Waals surface area contributed by atoms with Gasteiger partial charge in [0.1, 0.15) is 12.4 Å². The lowest BCUT2D eigenvalue weighted by atomic mass is 10.5. The van der Waals surface area contributed by atoms with E-state index >= 15 is 0 Å². The average Bonchev–Trinajstić information content (AvgIpc) is 2.31. The molecule has 0 amide bonds. The summed E-state index contributed by atoms with van der Waals surface area (Å²) in [6.45, 7) is 0.380. The number of hydrogen-bond acceptors (Lipinski definition) is 4. The Morgan fingerprint density at radius 2 is 2.60 bits per heavy atom. The van der Waals surface area contributed by atoms with Crippen molar-refractivity contribution in [2.45, 2.75) is 0 Å². The number of rotatable bonds is 3. The van der Waals surface area contributed by atoms with Crippen LogP contribution in [-0.2, 0) is 19.0 Å². The summed E-state index contributed by atoms with van der Waals surface area (Å²) in [7, 11) is 1.51. The third-order valence-electron chi connectivity index (χ3n) is 0.998. The lowest BCUT2D eigenvalue weighted by Crippen LogP contribution is -1.98. The maximum Gasteiger partial charge on any atom is 0.334 e. The molecule has 0 aromatic rings. The van der Waals surface area contributed by atoms with Crippen LogP contribution in [0.15, 0.2) is 11.8 Å². The van der Waals surface area contributed by atoms with E-state index in [1.807, 2.05) is 0 Å². The van der Waals surface area contributed by atoms with Crippen molar-refractivity contribution in [2.75, 3.05) is 20.5 Å². The fourth-order valence-electron chi connectivity index (χ4n) is 0.575. The van der Waals surface area contributed by atoms with Gasteiger partial charge >= 0.3 is 5.97 Å². The standard InChI is InChI=1S/C6H8O4/c1-8-4-10-5-2-6(7)9-3-5/h2H,3-4H2,1H3.